The first-order valence-corrected chi connectivity index (χ1v) is 8.54. The summed E-state index contributed by atoms with van der Waals surface area (Å²) in [5.41, 5.74) is 3.47. The number of rotatable bonds is 3. The van der Waals surface area contributed by atoms with Gasteiger partial charge in [-0.05, 0) is 30.3 Å². The molecule has 0 saturated carbocycles. The maximum atomic E-state index is 4.43. The number of benzene rings is 1. The highest BCUT2D eigenvalue weighted by atomic mass is 15.3. The summed E-state index contributed by atoms with van der Waals surface area (Å²) in [4.78, 5) is 19.8. The molecule has 1 aliphatic heterocycles. The van der Waals surface area contributed by atoms with Crippen LogP contribution in [0.2, 0.25) is 0 Å². The first kappa shape index (κ1) is 15.6. The monoisotopic (exact) mass is 334 g/mol. The van der Waals surface area contributed by atoms with Gasteiger partial charge < -0.3 is 14.7 Å². The smallest absolute Gasteiger partial charge is 0.139 e. The molecule has 0 atom stereocenters. The molecular weight excluding hydrogens is 312 g/mol. The largest absolute Gasteiger partial charge is 0.368 e. The zero-order chi connectivity index (χ0) is 17.2. The molecule has 25 heavy (non-hydrogen) atoms. The van der Waals surface area contributed by atoms with E-state index in [1.54, 1.807) is 6.33 Å². The number of hydrogen-bond acceptors (Lipinski definition) is 6. The molecule has 1 aliphatic rings. The average molecular weight is 334 g/mol. The molecule has 1 aromatic carbocycles. The first-order chi connectivity index (χ1) is 12.2. The number of nitrogens with zero attached hydrogens (tertiary/aromatic N) is 6. The molecule has 2 aromatic heterocycles. The topological polar surface area (TPSA) is 48.4 Å². The lowest BCUT2D eigenvalue weighted by molar-refractivity contribution is 0.653. The van der Waals surface area contributed by atoms with Crippen LogP contribution in [0.4, 0.5) is 17.2 Å². The van der Waals surface area contributed by atoms with Crippen LogP contribution >= 0.6 is 0 Å². The van der Waals surface area contributed by atoms with Crippen LogP contribution in [0.5, 0.6) is 0 Å². The van der Waals surface area contributed by atoms with Gasteiger partial charge in [0.25, 0.3) is 0 Å². The highest BCUT2D eigenvalue weighted by Gasteiger charge is 2.18. The molecule has 6 heteroatoms. The normalized spacial score (nSPS) is 14.8. The van der Waals surface area contributed by atoms with Crippen molar-refractivity contribution in [1.82, 2.24) is 15.0 Å². The fraction of sp³-hybridized carbons (Fsp3) is 0.316. The van der Waals surface area contributed by atoms with Gasteiger partial charge in [0.1, 0.15) is 12.1 Å². The van der Waals surface area contributed by atoms with Crippen LogP contribution in [0.25, 0.3) is 10.9 Å². The lowest BCUT2D eigenvalue weighted by Gasteiger charge is -2.37. The van der Waals surface area contributed by atoms with Gasteiger partial charge in [-0.25, -0.2) is 9.97 Å². The van der Waals surface area contributed by atoms with E-state index in [0.29, 0.717) is 0 Å². The predicted molar refractivity (Wildman–Crippen MR) is 103 cm³/mol. The molecule has 6 nitrogen and oxygen atoms in total. The molecule has 4 rings (SSSR count). The van der Waals surface area contributed by atoms with Gasteiger partial charge in [-0.3, -0.25) is 4.98 Å². The fourth-order valence-electron chi connectivity index (χ4n) is 3.36. The highest BCUT2D eigenvalue weighted by molar-refractivity contribution is 5.91. The summed E-state index contributed by atoms with van der Waals surface area (Å²) in [7, 11) is 4.03. The minimum Gasteiger partial charge on any atom is -0.368 e. The Morgan fingerprint density at radius 3 is 2.20 bits per heavy atom. The van der Waals surface area contributed by atoms with Crippen LogP contribution in [0.1, 0.15) is 0 Å². The van der Waals surface area contributed by atoms with Crippen molar-refractivity contribution in [2.45, 2.75) is 0 Å². The van der Waals surface area contributed by atoms with E-state index in [-0.39, 0.29) is 0 Å². The molecule has 0 radical (unpaired) electrons. The molecule has 0 spiro atoms. The van der Waals surface area contributed by atoms with E-state index >= 15 is 0 Å². The number of anilines is 3. The minimum absolute atomic E-state index is 0.960. The van der Waals surface area contributed by atoms with Crippen molar-refractivity contribution in [1.29, 1.82) is 0 Å². The molecule has 0 amide bonds. The zero-order valence-electron chi connectivity index (χ0n) is 14.6. The second kappa shape index (κ2) is 6.55. The minimum atomic E-state index is 0.960. The maximum Gasteiger partial charge on any atom is 0.139 e. The Bertz CT molecular complexity index is 856. The molecule has 3 heterocycles. The lowest BCUT2D eigenvalue weighted by Crippen LogP contribution is -2.46. The molecule has 0 unspecified atom stereocenters. The van der Waals surface area contributed by atoms with Crippen LogP contribution in [-0.4, -0.2) is 55.2 Å². The summed E-state index contributed by atoms with van der Waals surface area (Å²) < 4.78 is 0. The van der Waals surface area contributed by atoms with Crippen LogP contribution in [0.15, 0.2) is 49.1 Å². The van der Waals surface area contributed by atoms with Crippen molar-refractivity contribution >= 4 is 28.1 Å². The summed E-state index contributed by atoms with van der Waals surface area (Å²) in [5, 5.41) is 1.10. The van der Waals surface area contributed by atoms with Crippen molar-refractivity contribution in [2.75, 3.05) is 55.0 Å². The number of hydrogen-bond donors (Lipinski definition) is 0. The maximum absolute atomic E-state index is 4.43. The number of fused-ring (bicyclic) bond motifs is 1. The van der Waals surface area contributed by atoms with Gasteiger partial charge >= 0.3 is 0 Å². The third kappa shape index (κ3) is 3.07. The molecular formula is C19H22N6. The van der Waals surface area contributed by atoms with Gasteiger partial charge in [-0.1, -0.05) is 0 Å². The van der Waals surface area contributed by atoms with E-state index in [0.717, 1.165) is 42.9 Å². The second-order valence-electron chi connectivity index (χ2n) is 6.47. The third-order valence-corrected chi connectivity index (χ3v) is 4.69. The van der Waals surface area contributed by atoms with E-state index in [4.69, 9.17) is 0 Å². The Hall–Kier alpha value is -2.89. The van der Waals surface area contributed by atoms with E-state index < -0.39 is 0 Å². The van der Waals surface area contributed by atoms with Crippen LogP contribution in [-0.2, 0) is 0 Å². The Labute approximate surface area is 147 Å². The number of piperazine rings is 1. The number of aromatic nitrogens is 3. The summed E-state index contributed by atoms with van der Waals surface area (Å²) in [6, 6.07) is 10.6. The molecule has 128 valence electrons. The Balaban J connectivity index is 1.56. The molecule has 3 aromatic rings. The lowest BCUT2D eigenvalue weighted by atomic mass is 10.1. The summed E-state index contributed by atoms with van der Waals surface area (Å²) in [6.45, 7) is 4.01. The second-order valence-corrected chi connectivity index (χ2v) is 6.47. The van der Waals surface area contributed by atoms with E-state index in [1.807, 2.05) is 31.4 Å². The highest BCUT2D eigenvalue weighted by Crippen LogP contribution is 2.27. The van der Waals surface area contributed by atoms with E-state index in [9.17, 15) is 0 Å². The van der Waals surface area contributed by atoms with Crippen LogP contribution in [0, 0.1) is 0 Å². The van der Waals surface area contributed by atoms with Gasteiger partial charge in [0.2, 0.25) is 0 Å². The quantitative estimate of drug-likeness (QED) is 0.733. The van der Waals surface area contributed by atoms with Gasteiger partial charge in [0, 0.05) is 69.4 Å². The predicted octanol–water partition coefficient (Wildman–Crippen LogP) is 2.42. The van der Waals surface area contributed by atoms with Crippen molar-refractivity contribution in [3.05, 3.63) is 49.1 Å². The summed E-state index contributed by atoms with van der Waals surface area (Å²) in [5.74, 6) is 0.960. The van der Waals surface area contributed by atoms with Crippen molar-refractivity contribution < 1.29 is 0 Å². The molecule has 1 saturated heterocycles. The average Bonchev–Trinajstić information content (AvgIpc) is 2.68. The molecule has 0 bridgehead atoms. The summed E-state index contributed by atoms with van der Waals surface area (Å²) in [6.07, 6.45) is 5.34. The summed E-state index contributed by atoms with van der Waals surface area (Å²) >= 11 is 0. The Morgan fingerprint density at radius 2 is 1.52 bits per heavy atom. The van der Waals surface area contributed by atoms with Gasteiger partial charge in [0.05, 0.1) is 5.52 Å². The standard InChI is InChI=1S/C19H22N6/c1-23(2)19-17-13-16(3-4-18(17)21-14-22-19)25-11-9-24(10-12-25)15-5-7-20-8-6-15/h3-8,13-14H,9-12H2,1-2H3. The Kier molecular flexibility index (Phi) is 4.09. The van der Waals surface area contributed by atoms with Crippen molar-refractivity contribution in [3.8, 4) is 0 Å². The fourth-order valence-corrected chi connectivity index (χ4v) is 3.36. The Morgan fingerprint density at radius 1 is 0.840 bits per heavy atom. The van der Waals surface area contributed by atoms with Crippen molar-refractivity contribution in [2.24, 2.45) is 0 Å². The molecule has 0 aliphatic carbocycles. The van der Waals surface area contributed by atoms with E-state index in [2.05, 4.69) is 55.1 Å². The van der Waals surface area contributed by atoms with Gasteiger partial charge in [-0.15, -0.1) is 0 Å². The number of pyridine rings is 1. The van der Waals surface area contributed by atoms with Gasteiger partial charge in [0.15, 0.2) is 0 Å². The van der Waals surface area contributed by atoms with Crippen LogP contribution in [0.3, 0.4) is 0 Å². The first-order valence-electron chi connectivity index (χ1n) is 8.54. The van der Waals surface area contributed by atoms with Gasteiger partial charge in [-0.2, -0.15) is 0 Å². The third-order valence-electron chi connectivity index (χ3n) is 4.69. The molecule has 0 N–H and O–H groups in total. The zero-order valence-corrected chi connectivity index (χ0v) is 14.6. The van der Waals surface area contributed by atoms with E-state index in [1.165, 1.54) is 11.4 Å². The molecule has 1 fully saturated rings. The van der Waals surface area contributed by atoms with Crippen LogP contribution < -0.4 is 14.7 Å². The SMILES string of the molecule is CN(C)c1ncnc2ccc(N3CCN(c4ccncc4)CC3)cc12. The van der Waals surface area contributed by atoms with Crippen molar-refractivity contribution in [3.63, 3.8) is 0 Å².